The second kappa shape index (κ2) is 5.54. The van der Waals surface area contributed by atoms with Crippen LogP contribution in [0.2, 0.25) is 0 Å². The van der Waals surface area contributed by atoms with Crippen LogP contribution in [0.3, 0.4) is 0 Å². The molecule has 5 heteroatoms. The summed E-state index contributed by atoms with van der Waals surface area (Å²) in [6.45, 7) is 0.816. The number of carbonyl (C=O) groups is 1. The summed E-state index contributed by atoms with van der Waals surface area (Å²) in [5.74, 6) is 0.381. The molecular formula is C15H16O5. The average molecular weight is 276 g/mol. The highest BCUT2D eigenvalue weighted by Gasteiger charge is 2.19. The highest BCUT2D eigenvalue weighted by atomic mass is 16.7. The van der Waals surface area contributed by atoms with Gasteiger partial charge in [0.05, 0.1) is 12.2 Å². The van der Waals surface area contributed by atoms with Gasteiger partial charge in [0.25, 0.3) is 0 Å². The van der Waals surface area contributed by atoms with Gasteiger partial charge in [0, 0.05) is 12.0 Å². The largest absolute Gasteiger partial charge is 0.488 e. The topological polar surface area (TPSA) is 65.0 Å². The second-order valence-corrected chi connectivity index (χ2v) is 4.88. The molecule has 1 N–H and O–H groups in total. The first-order valence-corrected chi connectivity index (χ1v) is 6.71. The van der Waals surface area contributed by atoms with E-state index in [2.05, 4.69) is 0 Å². The number of rotatable bonds is 3. The molecule has 0 spiro atoms. The van der Waals surface area contributed by atoms with Gasteiger partial charge in [-0.2, -0.15) is 0 Å². The Kier molecular flexibility index (Phi) is 3.60. The van der Waals surface area contributed by atoms with Crippen molar-refractivity contribution in [2.75, 3.05) is 13.2 Å². The van der Waals surface area contributed by atoms with Gasteiger partial charge in [0.2, 0.25) is 0 Å². The second-order valence-electron chi connectivity index (χ2n) is 4.88. The quantitative estimate of drug-likeness (QED) is 0.918. The summed E-state index contributed by atoms with van der Waals surface area (Å²) in [6.07, 6.45) is 4.46. The van der Waals surface area contributed by atoms with Gasteiger partial charge in [-0.25, -0.2) is 4.79 Å². The van der Waals surface area contributed by atoms with Crippen LogP contribution in [0.25, 0.3) is 6.08 Å². The van der Waals surface area contributed by atoms with Gasteiger partial charge in [-0.15, -0.1) is 0 Å². The van der Waals surface area contributed by atoms with Gasteiger partial charge in [-0.1, -0.05) is 0 Å². The van der Waals surface area contributed by atoms with Gasteiger partial charge >= 0.3 is 5.97 Å². The first-order valence-electron chi connectivity index (χ1n) is 6.71. The van der Waals surface area contributed by atoms with Crippen LogP contribution in [0, 0.1) is 0 Å². The van der Waals surface area contributed by atoms with E-state index in [0.29, 0.717) is 11.5 Å². The normalized spacial score (nSPS) is 21.4. The van der Waals surface area contributed by atoms with Crippen molar-refractivity contribution < 1.29 is 24.1 Å². The van der Waals surface area contributed by atoms with Crippen LogP contribution in [-0.4, -0.2) is 30.6 Å². The molecule has 0 amide bonds. The van der Waals surface area contributed by atoms with Gasteiger partial charge < -0.3 is 19.3 Å². The summed E-state index contributed by atoms with van der Waals surface area (Å²) in [5.41, 5.74) is 0.963. The highest BCUT2D eigenvalue weighted by Crippen LogP contribution is 2.31. The molecule has 1 fully saturated rings. The molecule has 1 atom stereocenters. The third-order valence-corrected chi connectivity index (χ3v) is 3.37. The highest BCUT2D eigenvalue weighted by molar-refractivity contribution is 5.93. The number of benzene rings is 1. The van der Waals surface area contributed by atoms with E-state index in [9.17, 15) is 4.79 Å². The van der Waals surface area contributed by atoms with E-state index >= 15 is 0 Å². The summed E-state index contributed by atoms with van der Waals surface area (Å²) in [6, 6.07) is 5.40. The van der Waals surface area contributed by atoms with Gasteiger partial charge in [-0.05, 0) is 37.1 Å². The number of ether oxygens (including phenoxy) is 3. The predicted octanol–water partition coefficient (Wildman–Crippen LogP) is 2.45. The lowest BCUT2D eigenvalue weighted by atomic mass is 10.1. The van der Waals surface area contributed by atoms with E-state index in [1.54, 1.807) is 18.2 Å². The Morgan fingerprint density at radius 3 is 3.00 bits per heavy atom. The molecule has 0 aromatic heterocycles. The monoisotopic (exact) mass is 276 g/mol. The van der Waals surface area contributed by atoms with Gasteiger partial charge in [-0.3, -0.25) is 0 Å². The molecule has 5 nitrogen and oxygen atoms in total. The maximum absolute atomic E-state index is 11.0. The third kappa shape index (κ3) is 2.77. The summed E-state index contributed by atoms with van der Waals surface area (Å²) < 4.78 is 16.7. The van der Waals surface area contributed by atoms with Crippen molar-refractivity contribution in [1.29, 1.82) is 0 Å². The number of hydrogen-bond donors (Lipinski definition) is 1. The van der Waals surface area contributed by atoms with Crippen LogP contribution >= 0.6 is 0 Å². The SMILES string of the molecule is O=C(O)C1=Cc2cc(OC3CCCCO3)ccc2OC1. The van der Waals surface area contributed by atoms with Gasteiger partial charge in [0.15, 0.2) is 6.29 Å². The minimum absolute atomic E-state index is 0.0915. The lowest BCUT2D eigenvalue weighted by Crippen LogP contribution is -2.25. The Hall–Kier alpha value is -2.01. The van der Waals surface area contributed by atoms with Crippen molar-refractivity contribution in [3.63, 3.8) is 0 Å². The Morgan fingerprint density at radius 2 is 2.25 bits per heavy atom. The molecule has 0 saturated carbocycles. The van der Waals surface area contributed by atoms with Crippen molar-refractivity contribution in [1.82, 2.24) is 0 Å². The molecule has 1 aromatic carbocycles. The molecule has 2 heterocycles. The van der Waals surface area contributed by atoms with E-state index in [0.717, 1.165) is 31.4 Å². The van der Waals surface area contributed by atoms with Crippen LogP contribution in [0.4, 0.5) is 0 Å². The Morgan fingerprint density at radius 1 is 1.35 bits per heavy atom. The predicted molar refractivity (Wildman–Crippen MR) is 71.8 cm³/mol. The fourth-order valence-electron chi connectivity index (χ4n) is 2.31. The van der Waals surface area contributed by atoms with Crippen LogP contribution in [0.5, 0.6) is 11.5 Å². The fraction of sp³-hybridized carbons (Fsp3) is 0.400. The van der Waals surface area contributed by atoms with Crippen molar-refractivity contribution >= 4 is 12.0 Å². The van der Waals surface area contributed by atoms with Crippen molar-refractivity contribution in [3.05, 3.63) is 29.3 Å². The summed E-state index contributed by atoms with van der Waals surface area (Å²) >= 11 is 0. The zero-order valence-electron chi connectivity index (χ0n) is 11.0. The molecule has 1 unspecified atom stereocenters. The Labute approximate surface area is 116 Å². The molecule has 3 rings (SSSR count). The first-order chi connectivity index (χ1) is 9.72. The average Bonchev–Trinajstić information content (AvgIpc) is 2.47. The maximum atomic E-state index is 11.0. The minimum atomic E-state index is -0.961. The molecule has 1 aromatic rings. The van der Waals surface area contributed by atoms with Crippen molar-refractivity contribution in [2.45, 2.75) is 25.6 Å². The lowest BCUT2D eigenvalue weighted by Gasteiger charge is -2.24. The van der Waals surface area contributed by atoms with Crippen LogP contribution in [-0.2, 0) is 9.53 Å². The summed E-state index contributed by atoms with van der Waals surface area (Å²) in [5, 5.41) is 8.99. The number of fused-ring (bicyclic) bond motifs is 1. The first kappa shape index (κ1) is 13.0. The Balaban J connectivity index is 1.78. The summed E-state index contributed by atoms with van der Waals surface area (Å²) in [7, 11) is 0. The number of hydrogen-bond acceptors (Lipinski definition) is 4. The van der Waals surface area contributed by atoms with E-state index in [-0.39, 0.29) is 18.5 Å². The standard InChI is InChI=1S/C15H16O5/c16-15(17)11-7-10-8-12(4-5-13(10)19-9-11)20-14-3-1-2-6-18-14/h4-5,7-8,14H,1-3,6,9H2,(H,16,17). The van der Waals surface area contributed by atoms with E-state index in [1.165, 1.54) is 0 Å². The molecule has 0 radical (unpaired) electrons. The zero-order valence-corrected chi connectivity index (χ0v) is 11.0. The van der Waals surface area contributed by atoms with Crippen molar-refractivity contribution in [3.8, 4) is 11.5 Å². The third-order valence-electron chi connectivity index (χ3n) is 3.37. The van der Waals surface area contributed by atoms with Crippen LogP contribution in [0.15, 0.2) is 23.8 Å². The smallest absolute Gasteiger partial charge is 0.335 e. The minimum Gasteiger partial charge on any atom is -0.488 e. The molecule has 0 bridgehead atoms. The van der Waals surface area contributed by atoms with Crippen LogP contribution < -0.4 is 9.47 Å². The van der Waals surface area contributed by atoms with Gasteiger partial charge in [0.1, 0.15) is 18.1 Å². The van der Waals surface area contributed by atoms with E-state index < -0.39 is 5.97 Å². The number of aliphatic carboxylic acids is 1. The molecule has 106 valence electrons. The molecule has 0 aliphatic carbocycles. The Bertz CT molecular complexity index is 543. The molecule has 2 aliphatic rings. The van der Waals surface area contributed by atoms with Crippen LogP contribution in [0.1, 0.15) is 24.8 Å². The zero-order chi connectivity index (χ0) is 13.9. The maximum Gasteiger partial charge on any atom is 0.335 e. The molecule has 2 aliphatic heterocycles. The lowest BCUT2D eigenvalue weighted by molar-refractivity contribution is -0.133. The molecular weight excluding hydrogens is 260 g/mol. The van der Waals surface area contributed by atoms with E-state index in [1.807, 2.05) is 6.07 Å². The number of carboxylic acid groups (broad SMARTS) is 1. The summed E-state index contributed by atoms with van der Waals surface area (Å²) in [4.78, 5) is 11.0. The van der Waals surface area contributed by atoms with Crippen molar-refractivity contribution in [2.24, 2.45) is 0 Å². The number of carboxylic acids is 1. The molecule has 1 saturated heterocycles. The fourth-order valence-corrected chi connectivity index (χ4v) is 2.31. The van der Waals surface area contributed by atoms with E-state index in [4.69, 9.17) is 19.3 Å². The molecule has 20 heavy (non-hydrogen) atoms.